The molecule has 1 fully saturated rings. The van der Waals surface area contributed by atoms with Crippen molar-refractivity contribution in [3.05, 3.63) is 23.8 Å². The topological polar surface area (TPSA) is 81.1 Å². The van der Waals surface area contributed by atoms with Gasteiger partial charge in [0.05, 0.1) is 11.4 Å². The molecule has 16 heavy (non-hydrogen) atoms. The molecule has 1 aromatic rings. The van der Waals surface area contributed by atoms with Gasteiger partial charge in [0.1, 0.15) is 0 Å². The number of anilines is 2. The van der Waals surface area contributed by atoms with Crippen LogP contribution in [0, 0.1) is 5.92 Å². The summed E-state index contributed by atoms with van der Waals surface area (Å²) in [6.45, 7) is 0.935. The van der Waals surface area contributed by atoms with Crippen LogP contribution in [-0.4, -0.2) is 12.5 Å². The smallest absolute Gasteiger partial charge is 0.248 e. The molecule has 2 rings (SSSR count). The number of hydrogen-bond donors (Lipinski definition) is 3. The van der Waals surface area contributed by atoms with Gasteiger partial charge in [-0.1, -0.05) is 12.8 Å². The highest BCUT2D eigenvalue weighted by molar-refractivity contribution is 5.94. The van der Waals surface area contributed by atoms with E-state index < -0.39 is 5.91 Å². The van der Waals surface area contributed by atoms with E-state index in [1.807, 2.05) is 6.07 Å². The molecule has 4 nitrogen and oxygen atoms in total. The van der Waals surface area contributed by atoms with Crippen molar-refractivity contribution in [2.24, 2.45) is 11.7 Å². The van der Waals surface area contributed by atoms with Crippen LogP contribution in [-0.2, 0) is 0 Å². The van der Waals surface area contributed by atoms with E-state index in [1.165, 1.54) is 19.3 Å². The number of hydrogen-bond acceptors (Lipinski definition) is 3. The second kappa shape index (κ2) is 4.43. The van der Waals surface area contributed by atoms with Gasteiger partial charge in [-0.2, -0.15) is 0 Å². The Labute approximate surface area is 95.0 Å². The minimum absolute atomic E-state index is 0.448. The van der Waals surface area contributed by atoms with E-state index in [0.29, 0.717) is 11.3 Å². The van der Waals surface area contributed by atoms with Gasteiger partial charge in [0.15, 0.2) is 0 Å². The summed E-state index contributed by atoms with van der Waals surface area (Å²) in [6.07, 6.45) is 3.91. The number of primary amides is 1. The zero-order valence-corrected chi connectivity index (χ0v) is 9.20. The zero-order valence-electron chi connectivity index (χ0n) is 9.20. The highest BCUT2D eigenvalue weighted by atomic mass is 16.1. The van der Waals surface area contributed by atoms with Crippen LogP contribution >= 0.6 is 0 Å². The van der Waals surface area contributed by atoms with Crippen LogP contribution in [0.25, 0.3) is 0 Å². The van der Waals surface area contributed by atoms with Gasteiger partial charge in [0, 0.05) is 12.1 Å². The van der Waals surface area contributed by atoms with E-state index >= 15 is 0 Å². The van der Waals surface area contributed by atoms with Crippen molar-refractivity contribution >= 4 is 17.3 Å². The molecule has 0 saturated heterocycles. The summed E-state index contributed by atoms with van der Waals surface area (Å²) in [7, 11) is 0. The molecular weight excluding hydrogens is 202 g/mol. The molecule has 5 N–H and O–H groups in total. The first-order valence-electron chi connectivity index (χ1n) is 5.60. The Morgan fingerprint density at radius 2 is 2.19 bits per heavy atom. The maximum absolute atomic E-state index is 10.9. The van der Waals surface area contributed by atoms with E-state index in [-0.39, 0.29) is 0 Å². The van der Waals surface area contributed by atoms with Gasteiger partial charge in [-0.05, 0) is 30.5 Å². The quantitative estimate of drug-likeness (QED) is 0.658. The lowest BCUT2D eigenvalue weighted by molar-refractivity contribution is 0.100. The summed E-state index contributed by atoms with van der Waals surface area (Å²) in [6, 6.07) is 5.11. The van der Waals surface area contributed by atoms with E-state index in [9.17, 15) is 4.79 Å². The third kappa shape index (κ3) is 2.66. The van der Waals surface area contributed by atoms with Crippen LogP contribution in [0.15, 0.2) is 18.2 Å². The number of amides is 1. The summed E-state index contributed by atoms with van der Waals surface area (Å²) in [5.74, 6) is 0.454. The summed E-state index contributed by atoms with van der Waals surface area (Å²) in [5.41, 5.74) is 12.9. The lowest BCUT2D eigenvalue weighted by Gasteiger charge is -2.09. The van der Waals surface area contributed by atoms with Crippen molar-refractivity contribution < 1.29 is 4.79 Å². The van der Waals surface area contributed by atoms with E-state index in [0.717, 1.165) is 18.2 Å². The molecule has 0 unspecified atom stereocenters. The molecule has 1 saturated carbocycles. The van der Waals surface area contributed by atoms with Crippen LogP contribution in [0.5, 0.6) is 0 Å². The standard InChI is InChI=1S/C12H17N3O/c13-10-7-9(12(14)16)3-4-11(10)15-6-5-8-1-2-8/h3-4,7-8,15H,1-2,5-6,13H2,(H2,14,16). The molecule has 1 aliphatic carbocycles. The molecule has 0 heterocycles. The van der Waals surface area contributed by atoms with Crippen molar-refractivity contribution in [1.82, 2.24) is 0 Å². The van der Waals surface area contributed by atoms with Gasteiger partial charge in [0.25, 0.3) is 0 Å². The first kappa shape index (κ1) is 10.8. The number of nitrogens with one attached hydrogen (secondary N) is 1. The van der Waals surface area contributed by atoms with Crippen LogP contribution in [0.4, 0.5) is 11.4 Å². The Bertz CT molecular complexity index is 399. The van der Waals surface area contributed by atoms with Crippen LogP contribution in [0.2, 0.25) is 0 Å². The molecule has 1 aromatic carbocycles. The Kier molecular flexibility index (Phi) is 2.99. The number of carbonyl (C=O) groups excluding carboxylic acids is 1. The first-order chi connectivity index (χ1) is 7.66. The SMILES string of the molecule is NC(=O)c1ccc(NCCC2CC2)c(N)c1. The Morgan fingerprint density at radius 3 is 2.75 bits per heavy atom. The molecule has 0 aromatic heterocycles. The largest absolute Gasteiger partial charge is 0.397 e. The van der Waals surface area contributed by atoms with Crippen molar-refractivity contribution in [2.75, 3.05) is 17.6 Å². The molecule has 0 spiro atoms. The van der Waals surface area contributed by atoms with Gasteiger partial charge < -0.3 is 16.8 Å². The average molecular weight is 219 g/mol. The monoisotopic (exact) mass is 219 g/mol. The van der Waals surface area contributed by atoms with Crippen LogP contribution in [0.1, 0.15) is 29.6 Å². The third-order valence-electron chi connectivity index (χ3n) is 2.90. The molecule has 0 bridgehead atoms. The van der Waals surface area contributed by atoms with Gasteiger partial charge in [-0.25, -0.2) is 0 Å². The maximum atomic E-state index is 10.9. The molecular formula is C12H17N3O. The lowest BCUT2D eigenvalue weighted by Crippen LogP contribution is -2.12. The lowest BCUT2D eigenvalue weighted by atomic mass is 10.1. The Balaban J connectivity index is 1.95. The first-order valence-corrected chi connectivity index (χ1v) is 5.60. The van der Waals surface area contributed by atoms with Gasteiger partial charge in [-0.15, -0.1) is 0 Å². The summed E-state index contributed by atoms with van der Waals surface area (Å²) < 4.78 is 0. The van der Waals surface area contributed by atoms with Crippen molar-refractivity contribution in [1.29, 1.82) is 0 Å². The van der Waals surface area contributed by atoms with Gasteiger partial charge >= 0.3 is 0 Å². The average Bonchev–Trinajstić information content (AvgIpc) is 3.04. The fourth-order valence-corrected chi connectivity index (χ4v) is 1.69. The molecule has 0 atom stereocenters. The zero-order chi connectivity index (χ0) is 11.5. The Morgan fingerprint density at radius 1 is 1.44 bits per heavy atom. The van der Waals surface area contributed by atoms with E-state index in [2.05, 4.69) is 5.32 Å². The minimum atomic E-state index is -0.448. The summed E-state index contributed by atoms with van der Waals surface area (Å²) in [4.78, 5) is 10.9. The normalized spacial score (nSPS) is 14.8. The summed E-state index contributed by atoms with van der Waals surface area (Å²) in [5, 5.41) is 3.27. The van der Waals surface area contributed by atoms with Gasteiger partial charge in [-0.3, -0.25) is 4.79 Å². The molecule has 86 valence electrons. The second-order valence-electron chi connectivity index (χ2n) is 4.33. The molecule has 1 amide bonds. The van der Waals surface area contributed by atoms with Crippen molar-refractivity contribution in [3.8, 4) is 0 Å². The molecule has 0 aliphatic heterocycles. The number of nitrogen functional groups attached to an aromatic ring is 1. The number of nitrogens with two attached hydrogens (primary N) is 2. The minimum Gasteiger partial charge on any atom is -0.397 e. The fourth-order valence-electron chi connectivity index (χ4n) is 1.69. The predicted molar refractivity (Wildman–Crippen MR) is 65.2 cm³/mol. The van der Waals surface area contributed by atoms with E-state index in [4.69, 9.17) is 11.5 Å². The third-order valence-corrected chi connectivity index (χ3v) is 2.90. The molecule has 0 radical (unpaired) electrons. The number of carbonyl (C=O) groups is 1. The van der Waals surface area contributed by atoms with E-state index in [1.54, 1.807) is 12.1 Å². The predicted octanol–water partition coefficient (Wildman–Crippen LogP) is 1.58. The second-order valence-corrected chi connectivity index (χ2v) is 4.33. The van der Waals surface area contributed by atoms with Crippen molar-refractivity contribution in [2.45, 2.75) is 19.3 Å². The summed E-state index contributed by atoms with van der Waals surface area (Å²) >= 11 is 0. The Hall–Kier alpha value is -1.71. The molecule has 1 aliphatic rings. The van der Waals surface area contributed by atoms with Crippen LogP contribution in [0.3, 0.4) is 0 Å². The molecule has 4 heteroatoms. The number of benzene rings is 1. The highest BCUT2D eigenvalue weighted by Crippen LogP contribution is 2.32. The fraction of sp³-hybridized carbons (Fsp3) is 0.417. The van der Waals surface area contributed by atoms with Crippen molar-refractivity contribution in [3.63, 3.8) is 0 Å². The van der Waals surface area contributed by atoms with Crippen LogP contribution < -0.4 is 16.8 Å². The maximum Gasteiger partial charge on any atom is 0.248 e. The highest BCUT2D eigenvalue weighted by Gasteiger charge is 2.20. The number of rotatable bonds is 5. The van der Waals surface area contributed by atoms with Gasteiger partial charge in [0.2, 0.25) is 5.91 Å².